The number of hydrogen-bond acceptors (Lipinski definition) is 3. The summed E-state index contributed by atoms with van der Waals surface area (Å²) in [7, 11) is 0. The van der Waals surface area contributed by atoms with Crippen molar-refractivity contribution in [2.45, 2.75) is 20.3 Å². The van der Waals surface area contributed by atoms with Gasteiger partial charge in [-0.15, -0.1) is 0 Å². The van der Waals surface area contributed by atoms with Crippen LogP contribution in [0.3, 0.4) is 0 Å². The SMILES string of the molecule is CCC(C)C(=O)Oc1ccccn1. The molecule has 70 valence electrons. The summed E-state index contributed by atoms with van der Waals surface area (Å²) in [6, 6.07) is 5.23. The van der Waals surface area contributed by atoms with E-state index in [1.165, 1.54) is 0 Å². The molecule has 0 aliphatic carbocycles. The van der Waals surface area contributed by atoms with E-state index < -0.39 is 0 Å². The van der Waals surface area contributed by atoms with E-state index in [1.807, 2.05) is 13.8 Å². The molecule has 1 heterocycles. The average Bonchev–Trinajstić information content (AvgIpc) is 2.18. The van der Waals surface area contributed by atoms with Gasteiger partial charge in [-0.3, -0.25) is 4.79 Å². The fourth-order valence-electron chi connectivity index (χ4n) is 0.778. The highest BCUT2D eigenvalue weighted by atomic mass is 16.5. The van der Waals surface area contributed by atoms with Crippen molar-refractivity contribution in [2.75, 3.05) is 0 Å². The lowest BCUT2D eigenvalue weighted by Crippen LogP contribution is -2.17. The van der Waals surface area contributed by atoms with Gasteiger partial charge in [-0.1, -0.05) is 19.9 Å². The van der Waals surface area contributed by atoms with Crippen molar-refractivity contribution in [3.05, 3.63) is 24.4 Å². The topological polar surface area (TPSA) is 39.2 Å². The van der Waals surface area contributed by atoms with E-state index in [0.29, 0.717) is 5.88 Å². The van der Waals surface area contributed by atoms with Gasteiger partial charge in [-0.25, -0.2) is 4.98 Å². The van der Waals surface area contributed by atoms with Crippen LogP contribution in [0.4, 0.5) is 0 Å². The van der Waals surface area contributed by atoms with Crippen molar-refractivity contribution >= 4 is 5.97 Å². The molecule has 1 rings (SSSR count). The normalized spacial score (nSPS) is 12.2. The standard InChI is InChI=1S/C10H13NO2/c1-3-8(2)10(12)13-9-6-4-5-7-11-9/h4-8H,3H2,1-2H3. The van der Waals surface area contributed by atoms with Crippen LogP contribution in [-0.2, 0) is 4.79 Å². The smallest absolute Gasteiger partial charge is 0.315 e. The third-order valence-corrected chi connectivity index (χ3v) is 1.86. The molecule has 0 radical (unpaired) electrons. The largest absolute Gasteiger partial charge is 0.407 e. The molecule has 13 heavy (non-hydrogen) atoms. The van der Waals surface area contributed by atoms with Gasteiger partial charge in [0.25, 0.3) is 0 Å². The minimum absolute atomic E-state index is 0.0676. The Morgan fingerprint density at radius 3 is 2.92 bits per heavy atom. The van der Waals surface area contributed by atoms with Gasteiger partial charge >= 0.3 is 5.97 Å². The molecule has 0 aromatic carbocycles. The second-order valence-corrected chi connectivity index (χ2v) is 2.90. The average molecular weight is 179 g/mol. The Balaban J connectivity index is 2.55. The van der Waals surface area contributed by atoms with Crippen molar-refractivity contribution in [2.24, 2.45) is 5.92 Å². The fourth-order valence-corrected chi connectivity index (χ4v) is 0.778. The molecule has 1 aromatic rings. The number of nitrogens with zero attached hydrogens (tertiary/aromatic N) is 1. The summed E-state index contributed by atoms with van der Waals surface area (Å²) in [5, 5.41) is 0. The molecule has 3 heteroatoms. The van der Waals surface area contributed by atoms with Crippen LogP contribution in [0, 0.1) is 5.92 Å². The van der Waals surface area contributed by atoms with Gasteiger partial charge in [0.2, 0.25) is 5.88 Å². The van der Waals surface area contributed by atoms with E-state index in [-0.39, 0.29) is 11.9 Å². The summed E-state index contributed by atoms with van der Waals surface area (Å²) < 4.78 is 5.02. The van der Waals surface area contributed by atoms with Crippen LogP contribution < -0.4 is 4.74 Å². The van der Waals surface area contributed by atoms with Gasteiger partial charge in [-0.2, -0.15) is 0 Å². The van der Waals surface area contributed by atoms with E-state index in [0.717, 1.165) is 6.42 Å². The maximum Gasteiger partial charge on any atom is 0.315 e. The highest BCUT2D eigenvalue weighted by Crippen LogP contribution is 2.08. The zero-order valence-electron chi connectivity index (χ0n) is 7.86. The van der Waals surface area contributed by atoms with Gasteiger partial charge in [-0.05, 0) is 12.5 Å². The summed E-state index contributed by atoms with van der Waals surface area (Å²) in [5.74, 6) is 0.0796. The third-order valence-electron chi connectivity index (χ3n) is 1.86. The van der Waals surface area contributed by atoms with E-state index in [9.17, 15) is 4.79 Å². The predicted octanol–water partition coefficient (Wildman–Crippen LogP) is 2.03. The fraction of sp³-hybridized carbons (Fsp3) is 0.400. The van der Waals surface area contributed by atoms with Crippen molar-refractivity contribution in [3.63, 3.8) is 0 Å². The molecule has 0 saturated heterocycles. The molecule has 0 aliphatic heterocycles. The van der Waals surface area contributed by atoms with Crippen LogP contribution in [0.25, 0.3) is 0 Å². The Bertz CT molecular complexity index is 272. The molecular formula is C10H13NO2. The second-order valence-electron chi connectivity index (χ2n) is 2.90. The van der Waals surface area contributed by atoms with Crippen LogP contribution in [0.5, 0.6) is 5.88 Å². The number of ether oxygens (including phenoxy) is 1. The molecule has 1 unspecified atom stereocenters. The Morgan fingerprint density at radius 2 is 2.38 bits per heavy atom. The number of esters is 1. The van der Waals surface area contributed by atoms with Crippen LogP contribution in [0.15, 0.2) is 24.4 Å². The molecule has 0 amide bonds. The maximum absolute atomic E-state index is 11.3. The number of hydrogen-bond donors (Lipinski definition) is 0. The van der Waals surface area contributed by atoms with E-state index in [4.69, 9.17) is 4.74 Å². The molecule has 0 aliphatic rings. The summed E-state index contributed by atoms with van der Waals surface area (Å²) in [6.07, 6.45) is 2.38. The van der Waals surface area contributed by atoms with Gasteiger partial charge in [0, 0.05) is 12.3 Å². The molecule has 0 bridgehead atoms. The van der Waals surface area contributed by atoms with Crippen molar-refractivity contribution in [3.8, 4) is 5.88 Å². The van der Waals surface area contributed by atoms with Crippen LogP contribution >= 0.6 is 0 Å². The molecule has 0 saturated carbocycles. The van der Waals surface area contributed by atoms with E-state index >= 15 is 0 Å². The number of pyridine rings is 1. The van der Waals surface area contributed by atoms with Gasteiger partial charge in [0.1, 0.15) is 0 Å². The first-order valence-electron chi connectivity index (χ1n) is 4.36. The Morgan fingerprint density at radius 1 is 1.62 bits per heavy atom. The van der Waals surface area contributed by atoms with Crippen molar-refractivity contribution in [1.82, 2.24) is 4.98 Å². The van der Waals surface area contributed by atoms with Crippen LogP contribution in [0.2, 0.25) is 0 Å². The number of carbonyl (C=O) groups is 1. The Labute approximate surface area is 77.8 Å². The lowest BCUT2D eigenvalue weighted by atomic mass is 10.1. The molecule has 0 spiro atoms. The first kappa shape index (κ1) is 9.71. The molecule has 1 atom stereocenters. The number of rotatable bonds is 3. The lowest BCUT2D eigenvalue weighted by molar-refractivity contribution is -0.138. The van der Waals surface area contributed by atoms with Crippen LogP contribution in [-0.4, -0.2) is 11.0 Å². The van der Waals surface area contributed by atoms with Crippen molar-refractivity contribution in [1.29, 1.82) is 0 Å². The van der Waals surface area contributed by atoms with Gasteiger partial charge in [0.15, 0.2) is 0 Å². The molecule has 0 N–H and O–H groups in total. The summed E-state index contributed by atoms with van der Waals surface area (Å²) in [4.78, 5) is 15.2. The molecular weight excluding hydrogens is 166 g/mol. The lowest BCUT2D eigenvalue weighted by Gasteiger charge is -2.06. The summed E-state index contributed by atoms with van der Waals surface area (Å²) in [5.41, 5.74) is 0. The highest BCUT2D eigenvalue weighted by molar-refractivity contribution is 5.74. The first-order valence-corrected chi connectivity index (χ1v) is 4.36. The molecule has 1 aromatic heterocycles. The van der Waals surface area contributed by atoms with E-state index in [1.54, 1.807) is 24.4 Å². The quantitative estimate of drug-likeness (QED) is 0.666. The van der Waals surface area contributed by atoms with Crippen LogP contribution in [0.1, 0.15) is 20.3 Å². The maximum atomic E-state index is 11.3. The second kappa shape index (κ2) is 4.60. The molecule has 0 fully saturated rings. The zero-order chi connectivity index (χ0) is 9.68. The minimum atomic E-state index is -0.221. The van der Waals surface area contributed by atoms with Crippen molar-refractivity contribution < 1.29 is 9.53 Å². The zero-order valence-corrected chi connectivity index (χ0v) is 7.86. The Kier molecular flexibility index (Phi) is 3.43. The van der Waals surface area contributed by atoms with Gasteiger partial charge in [0.05, 0.1) is 5.92 Å². The number of aromatic nitrogens is 1. The summed E-state index contributed by atoms with van der Waals surface area (Å²) in [6.45, 7) is 3.79. The van der Waals surface area contributed by atoms with E-state index in [2.05, 4.69) is 4.98 Å². The third kappa shape index (κ3) is 2.86. The first-order chi connectivity index (χ1) is 6.24. The monoisotopic (exact) mass is 179 g/mol. The predicted molar refractivity (Wildman–Crippen MR) is 49.3 cm³/mol. The Hall–Kier alpha value is -1.38. The number of carbonyl (C=O) groups excluding carboxylic acids is 1. The van der Waals surface area contributed by atoms with Gasteiger partial charge < -0.3 is 4.74 Å². The minimum Gasteiger partial charge on any atom is -0.407 e. The summed E-state index contributed by atoms with van der Waals surface area (Å²) >= 11 is 0. The molecule has 3 nitrogen and oxygen atoms in total. The highest BCUT2D eigenvalue weighted by Gasteiger charge is 2.12.